The standard InChI is InChI=1S/C22H22N2O2/c1-2-26-20-14-8-7-13-19(20)24-22(25)21-15-9-3-5-11-17(15)23-18-12-6-4-10-16(18)21/h3,5,7-9,11,13-14H,2,4,6,10,12H2,1H3,(H,24,25). The molecule has 1 amide bonds. The lowest BCUT2D eigenvalue weighted by molar-refractivity contribution is 0.102. The van der Waals surface area contributed by atoms with Gasteiger partial charge in [0.05, 0.1) is 23.4 Å². The molecule has 1 heterocycles. The maximum atomic E-state index is 13.3. The minimum absolute atomic E-state index is 0.0890. The smallest absolute Gasteiger partial charge is 0.256 e. The van der Waals surface area contributed by atoms with Gasteiger partial charge in [0, 0.05) is 11.1 Å². The molecule has 1 aliphatic rings. The average Bonchev–Trinajstić information content (AvgIpc) is 2.67. The summed E-state index contributed by atoms with van der Waals surface area (Å²) in [5, 5.41) is 3.98. The number of pyridine rings is 1. The van der Waals surface area contributed by atoms with Gasteiger partial charge in [-0.15, -0.1) is 0 Å². The number of hydrogen-bond donors (Lipinski definition) is 1. The molecule has 26 heavy (non-hydrogen) atoms. The third-order valence-electron chi connectivity index (χ3n) is 4.83. The number of benzene rings is 2. The van der Waals surface area contributed by atoms with Crippen LogP contribution in [-0.4, -0.2) is 17.5 Å². The number of rotatable bonds is 4. The van der Waals surface area contributed by atoms with Crippen molar-refractivity contribution < 1.29 is 9.53 Å². The fourth-order valence-electron chi connectivity index (χ4n) is 3.67. The number of amides is 1. The Balaban J connectivity index is 1.80. The second-order valence-electron chi connectivity index (χ2n) is 6.52. The van der Waals surface area contributed by atoms with Crippen molar-refractivity contribution in [1.29, 1.82) is 0 Å². The van der Waals surface area contributed by atoms with Gasteiger partial charge >= 0.3 is 0 Å². The Morgan fingerprint density at radius 2 is 1.85 bits per heavy atom. The first-order valence-electron chi connectivity index (χ1n) is 9.21. The van der Waals surface area contributed by atoms with Crippen molar-refractivity contribution in [3.8, 4) is 5.75 Å². The fourth-order valence-corrected chi connectivity index (χ4v) is 3.67. The van der Waals surface area contributed by atoms with Gasteiger partial charge in [-0.2, -0.15) is 0 Å². The van der Waals surface area contributed by atoms with Crippen LogP contribution in [-0.2, 0) is 12.8 Å². The zero-order valence-corrected chi connectivity index (χ0v) is 14.9. The number of hydrogen-bond acceptors (Lipinski definition) is 3. The van der Waals surface area contributed by atoms with Crippen LogP contribution in [0.2, 0.25) is 0 Å². The number of aryl methyl sites for hydroxylation is 1. The van der Waals surface area contributed by atoms with Gasteiger partial charge in [-0.1, -0.05) is 30.3 Å². The first kappa shape index (κ1) is 16.6. The van der Waals surface area contributed by atoms with Crippen molar-refractivity contribution in [3.63, 3.8) is 0 Å². The number of anilines is 1. The molecule has 132 valence electrons. The molecule has 4 heteroatoms. The number of nitrogens with one attached hydrogen (secondary N) is 1. The molecule has 0 fully saturated rings. The van der Waals surface area contributed by atoms with E-state index in [1.807, 2.05) is 55.5 Å². The molecular weight excluding hydrogens is 324 g/mol. The van der Waals surface area contributed by atoms with Crippen molar-refractivity contribution in [1.82, 2.24) is 4.98 Å². The van der Waals surface area contributed by atoms with Crippen LogP contribution in [0.25, 0.3) is 10.9 Å². The quantitative estimate of drug-likeness (QED) is 0.741. The number of carbonyl (C=O) groups excluding carboxylic acids is 1. The zero-order valence-electron chi connectivity index (χ0n) is 14.9. The summed E-state index contributed by atoms with van der Waals surface area (Å²) in [4.78, 5) is 18.1. The van der Waals surface area contributed by atoms with E-state index in [-0.39, 0.29) is 5.91 Å². The molecule has 0 saturated heterocycles. The van der Waals surface area contributed by atoms with E-state index in [2.05, 4.69) is 5.32 Å². The predicted octanol–water partition coefficient (Wildman–Crippen LogP) is 4.76. The van der Waals surface area contributed by atoms with E-state index in [0.717, 1.165) is 53.4 Å². The number of nitrogens with zero attached hydrogens (tertiary/aromatic N) is 1. The van der Waals surface area contributed by atoms with E-state index >= 15 is 0 Å². The topological polar surface area (TPSA) is 51.2 Å². The van der Waals surface area contributed by atoms with E-state index in [1.54, 1.807) is 0 Å². The van der Waals surface area contributed by atoms with Crippen LogP contribution in [0.4, 0.5) is 5.69 Å². The van der Waals surface area contributed by atoms with Crippen LogP contribution < -0.4 is 10.1 Å². The molecule has 0 unspecified atom stereocenters. The minimum atomic E-state index is -0.0890. The molecule has 0 radical (unpaired) electrons. The van der Waals surface area contributed by atoms with Gasteiger partial charge in [0.1, 0.15) is 5.75 Å². The highest BCUT2D eigenvalue weighted by Gasteiger charge is 2.23. The Hall–Kier alpha value is -2.88. The van der Waals surface area contributed by atoms with Crippen LogP contribution in [0, 0.1) is 0 Å². The Bertz CT molecular complexity index is 966. The van der Waals surface area contributed by atoms with Gasteiger partial charge in [-0.25, -0.2) is 0 Å². The average molecular weight is 346 g/mol. The largest absolute Gasteiger partial charge is 0.492 e. The molecule has 0 saturated carbocycles. The van der Waals surface area contributed by atoms with E-state index < -0.39 is 0 Å². The number of carbonyl (C=O) groups is 1. The third kappa shape index (κ3) is 3.03. The van der Waals surface area contributed by atoms with Crippen LogP contribution in [0.5, 0.6) is 5.75 Å². The van der Waals surface area contributed by atoms with Crippen molar-refractivity contribution >= 4 is 22.5 Å². The highest BCUT2D eigenvalue weighted by atomic mass is 16.5. The van der Waals surface area contributed by atoms with Gasteiger partial charge in [0.15, 0.2) is 0 Å². The summed E-state index contributed by atoms with van der Waals surface area (Å²) in [5.41, 5.74) is 4.51. The van der Waals surface area contributed by atoms with Gasteiger partial charge in [-0.3, -0.25) is 9.78 Å². The molecule has 0 atom stereocenters. The highest BCUT2D eigenvalue weighted by Crippen LogP contribution is 2.31. The maximum absolute atomic E-state index is 13.3. The van der Waals surface area contributed by atoms with E-state index in [0.29, 0.717) is 18.0 Å². The number of fused-ring (bicyclic) bond motifs is 2. The molecule has 0 bridgehead atoms. The second kappa shape index (κ2) is 7.16. The summed E-state index contributed by atoms with van der Waals surface area (Å²) >= 11 is 0. The van der Waals surface area contributed by atoms with Crippen LogP contribution in [0.15, 0.2) is 48.5 Å². The van der Waals surface area contributed by atoms with Gasteiger partial charge in [0.25, 0.3) is 5.91 Å². The Kier molecular flexibility index (Phi) is 4.57. The molecule has 1 N–H and O–H groups in total. The Labute approximate surface area is 153 Å². The second-order valence-corrected chi connectivity index (χ2v) is 6.52. The molecule has 4 nitrogen and oxygen atoms in total. The summed E-state index contributed by atoms with van der Waals surface area (Å²) in [6.45, 7) is 2.49. The molecule has 2 aromatic carbocycles. The summed E-state index contributed by atoms with van der Waals surface area (Å²) in [7, 11) is 0. The molecule has 1 aliphatic carbocycles. The van der Waals surface area contributed by atoms with Crippen molar-refractivity contribution in [2.75, 3.05) is 11.9 Å². The number of ether oxygens (including phenoxy) is 1. The van der Waals surface area contributed by atoms with E-state index in [9.17, 15) is 4.79 Å². The lowest BCUT2D eigenvalue weighted by Crippen LogP contribution is -2.19. The van der Waals surface area contributed by atoms with Crippen LogP contribution in [0.3, 0.4) is 0 Å². The Morgan fingerprint density at radius 3 is 2.73 bits per heavy atom. The highest BCUT2D eigenvalue weighted by molar-refractivity contribution is 6.14. The fraction of sp³-hybridized carbons (Fsp3) is 0.273. The van der Waals surface area contributed by atoms with Gasteiger partial charge in [-0.05, 0) is 56.4 Å². The summed E-state index contributed by atoms with van der Waals surface area (Å²) in [6.07, 6.45) is 4.08. The number of aromatic nitrogens is 1. The minimum Gasteiger partial charge on any atom is -0.492 e. The van der Waals surface area contributed by atoms with Crippen LogP contribution in [0.1, 0.15) is 41.4 Å². The summed E-state index contributed by atoms with van der Waals surface area (Å²) < 4.78 is 5.65. The summed E-state index contributed by atoms with van der Waals surface area (Å²) in [6, 6.07) is 15.5. The lowest BCUT2D eigenvalue weighted by atomic mass is 9.89. The van der Waals surface area contributed by atoms with Crippen molar-refractivity contribution in [2.45, 2.75) is 32.6 Å². The van der Waals surface area contributed by atoms with Gasteiger partial charge < -0.3 is 10.1 Å². The summed E-state index contributed by atoms with van der Waals surface area (Å²) in [5.74, 6) is 0.601. The lowest BCUT2D eigenvalue weighted by Gasteiger charge is -2.20. The molecule has 0 spiro atoms. The SMILES string of the molecule is CCOc1ccccc1NC(=O)c1c2c(nc3ccccc13)CCCC2. The first-order chi connectivity index (χ1) is 12.8. The zero-order chi connectivity index (χ0) is 17.9. The van der Waals surface area contributed by atoms with Crippen LogP contribution >= 0.6 is 0 Å². The molecule has 3 aromatic rings. The first-order valence-corrected chi connectivity index (χ1v) is 9.21. The molecule has 4 rings (SSSR count). The van der Waals surface area contributed by atoms with E-state index in [1.165, 1.54) is 0 Å². The molecule has 1 aromatic heterocycles. The molecular formula is C22H22N2O2. The van der Waals surface area contributed by atoms with Crippen molar-refractivity contribution in [2.24, 2.45) is 0 Å². The third-order valence-corrected chi connectivity index (χ3v) is 4.83. The van der Waals surface area contributed by atoms with Crippen molar-refractivity contribution in [3.05, 3.63) is 65.4 Å². The molecule has 0 aliphatic heterocycles. The van der Waals surface area contributed by atoms with E-state index in [4.69, 9.17) is 9.72 Å². The normalized spacial score (nSPS) is 13.3. The maximum Gasteiger partial charge on any atom is 0.256 e. The predicted molar refractivity (Wildman–Crippen MR) is 104 cm³/mol. The Morgan fingerprint density at radius 1 is 1.08 bits per heavy atom. The number of para-hydroxylation sites is 3. The monoisotopic (exact) mass is 346 g/mol. The van der Waals surface area contributed by atoms with Gasteiger partial charge in [0.2, 0.25) is 0 Å².